The van der Waals surface area contributed by atoms with Gasteiger partial charge in [-0.3, -0.25) is 0 Å². The first kappa shape index (κ1) is 15.7. The fourth-order valence-electron chi connectivity index (χ4n) is 2.30. The molecule has 8 nitrogen and oxygen atoms in total. The second-order valence-corrected chi connectivity index (χ2v) is 5.13. The predicted octanol–water partition coefficient (Wildman–Crippen LogP) is 0.0425. The molecule has 1 saturated heterocycles. The number of ether oxygens (including phenoxy) is 1. The second-order valence-electron chi connectivity index (χ2n) is 5.13. The van der Waals surface area contributed by atoms with E-state index >= 15 is 0 Å². The number of morpholine rings is 1. The Morgan fingerprint density at radius 2 is 2.10 bits per heavy atom. The van der Waals surface area contributed by atoms with E-state index in [-0.39, 0.29) is 12.1 Å². The third-order valence-corrected chi connectivity index (χ3v) is 3.52. The lowest BCUT2D eigenvalue weighted by Crippen LogP contribution is -2.43. The van der Waals surface area contributed by atoms with Crippen molar-refractivity contribution in [2.45, 2.75) is 20.0 Å². The summed E-state index contributed by atoms with van der Waals surface area (Å²) < 4.78 is 5.70. The molecule has 0 aliphatic carbocycles. The highest BCUT2D eigenvalue weighted by atomic mass is 16.5. The van der Waals surface area contributed by atoms with E-state index in [1.807, 2.05) is 4.90 Å². The van der Waals surface area contributed by atoms with Crippen molar-refractivity contribution in [3.05, 3.63) is 0 Å². The number of nitrogen functional groups attached to an aromatic ring is 1. The molecule has 0 bridgehead atoms. The third-order valence-electron chi connectivity index (χ3n) is 3.52. The van der Waals surface area contributed by atoms with Crippen LogP contribution in [0.15, 0.2) is 0 Å². The van der Waals surface area contributed by atoms with E-state index in [0.29, 0.717) is 18.4 Å². The lowest BCUT2D eigenvalue weighted by atomic mass is 10.3. The fraction of sp³-hybridized carbons (Fsp3) is 0.769. The molecule has 0 radical (unpaired) electrons. The van der Waals surface area contributed by atoms with E-state index in [9.17, 15) is 0 Å². The van der Waals surface area contributed by atoms with Gasteiger partial charge in [0, 0.05) is 32.7 Å². The van der Waals surface area contributed by atoms with E-state index in [0.717, 1.165) is 32.8 Å². The number of nitrogens with one attached hydrogen (secondary N) is 1. The zero-order valence-electron chi connectivity index (χ0n) is 13.0. The van der Waals surface area contributed by atoms with Crippen LogP contribution in [0, 0.1) is 0 Å². The predicted molar refractivity (Wildman–Crippen MR) is 83.5 cm³/mol. The number of hydrogen-bond acceptors (Lipinski definition) is 8. The summed E-state index contributed by atoms with van der Waals surface area (Å²) in [6.07, 6.45) is 0.138. The number of rotatable bonds is 6. The zero-order valence-corrected chi connectivity index (χ0v) is 13.0. The van der Waals surface area contributed by atoms with E-state index in [1.165, 1.54) is 0 Å². The van der Waals surface area contributed by atoms with E-state index in [2.05, 4.69) is 46.1 Å². The Hall–Kier alpha value is -1.67. The zero-order chi connectivity index (χ0) is 15.2. The number of hydrogen-bond donors (Lipinski definition) is 2. The SMILES string of the molecule is CCN(CC)c1nc(N)nc(NCC2CN(C)CCO2)n1. The van der Waals surface area contributed by atoms with Gasteiger partial charge in [-0.15, -0.1) is 0 Å². The second kappa shape index (κ2) is 7.37. The van der Waals surface area contributed by atoms with E-state index < -0.39 is 0 Å². The molecule has 1 aromatic heterocycles. The number of likely N-dealkylation sites (N-methyl/N-ethyl adjacent to an activating group) is 1. The molecule has 2 heterocycles. The molecule has 118 valence electrons. The van der Waals surface area contributed by atoms with Crippen LogP contribution in [-0.2, 0) is 4.74 Å². The molecule has 0 saturated carbocycles. The van der Waals surface area contributed by atoms with Crippen LogP contribution in [0.1, 0.15) is 13.8 Å². The van der Waals surface area contributed by atoms with Gasteiger partial charge in [-0.25, -0.2) is 0 Å². The Labute approximate surface area is 125 Å². The molecular formula is C13H25N7O. The summed E-state index contributed by atoms with van der Waals surface area (Å²) in [7, 11) is 2.09. The van der Waals surface area contributed by atoms with Gasteiger partial charge in [0.05, 0.1) is 12.7 Å². The average molecular weight is 295 g/mol. The first-order valence-electron chi connectivity index (χ1n) is 7.42. The molecule has 1 atom stereocenters. The third kappa shape index (κ3) is 4.40. The highest BCUT2D eigenvalue weighted by Crippen LogP contribution is 2.12. The highest BCUT2D eigenvalue weighted by molar-refractivity contribution is 5.41. The number of aromatic nitrogens is 3. The van der Waals surface area contributed by atoms with Crippen molar-refractivity contribution in [1.29, 1.82) is 0 Å². The van der Waals surface area contributed by atoms with Crippen LogP contribution < -0.4 is 16.0 Å². The minimum Gasteiger partial charge on any atom is -0.374 e. The minimum atomic E-state index is 0.138. The van der Waals surface area contributed by atoms with E-state index in [1.54, 1.807) is 0 Å². The summed E-state index contributed by atoms with van der Waals surface area (Å²) in [5.74, 6) is 1.34. The van der Waals surface area contributed by atoms with Crippen LogP contribution in [0.4, 0.5) is 17.8 Å². The van der Waals surface area contributed by atoms with Gasteiger partial charge in [-0.2, -0.15) is 15.0 Å². The van der Waals surface area contributed by atoms with Gasteiger partial charge in [0.1, 0.15) is 0 Å². The molecule has 0 aromatic carbocycles. The molecule has 21 heavy (non-hydrogen) atoms. The van der Waals surface area contributed by atoms with Crippen LogP contribution >= 0.6 is 0 Å². The number of anilines is 3. The van der Waals surface area contributed by atoms with Crippen molar-refractivity contribution in [2.24, 2.45) is 0 Å². The monoisotopic (exact) mass is 295 g/mol. The first-order chi connectivity index (χ1) is 10.1. The molecule has 0 amide bonds. The molecule has 1 aromatic rings. The van der Waals surface area contributed by atoms with Crippen molar-refractivity contribution in [2.75, 3.05) is 62.3 Å². The van der Waals surface area contributed by atoms with Crippen LogP contribution in [-0.4, -0.2) is 72.3 Å². The summed E-state index contributed by atoms with van der Waals surface area (Å²) in [6, 6.07) is 0. The maximum Gasteiger partial charge on any atom is 0.231 e. The van der Waals surface area contributed by atoms with Crippen LogP contribution in [0.2, 0.25) is 0 Å². The van der Waals surface area contributed by atoms with Crippen molar-refractivity contribution in [3.8, 4) is 0 Å². The smallest absolute Gasteiger partial charge is 0.231 e. The lowest BCUT2D eigenvalue weighted by molar-refractivity contribution is -0.0117. The highest BCUT2D eigenvalue weighted by Gasteiger charge is 2.18. The van der Waals surface area contributed by atoms with Crippen molar-refractivity contribution in [3.63, 3.8) is 0 Å². The molecule has 3 N–H and O–H groups in total. The molecule has 1 fully saturated rings. The molecule has 1 aliphatic rings. The Morgan fingerprint density at radius 1 is 1.33 bits per heavy atom. The maximum absolute atomic E-state index is 5.77. The van der Waals surface area contributed by atoms with Gasteiger partial charge in [0.15, 0.2) is 0 Å². The largest absolute Gasteiger partial charge is 0.374 e. The number of nitrogens with two attached hydrogens (primary N) is 1. The van der Waals surface area contributed by atoms with Gasteiger partial charge < -0.3 is 25.6 Å². The first-order valence-corrected chi connectivity index (χ1v) is 7.42. The van der Waals surface area contributed by atoms with Crippen molar-refractivity contribution in [1.82, 2.24) is 19.9 Å². The van der Waals surface area contributed by atoms with Gasteiger partial charge in [0.25, 0.3) is 0 Å². The van der Waals surface area contributed by atoms with Crippen molar-refractivity contribution < 1.29 is 4.74 Å². The Bertz CT molecular complexity index is 452. The van der Waals surface area contributed by atoms with E-state index in [4.69, 9.17) is 10.5 Å². The summed E-state index contributed by atoms with van der Waals surface area (Å²) in [6.45, 7) is 9.06. The Kier molecular flexibility index (Phi) is 5.51. The molecule has 2 rings (SSSR count). The van der Waals surface area contributed by atoms with Gasteiger partial charge in [-0.1, -0.05) is 0 Å². The van der Waals surface area contributed by atoms with Gasteiger partial charge in [0.2, 0.25) is 17.8 Å². The summed E-state index contributed by atoms with van der Waals surface area (Å²) in [4.78, 5) is 17.0. The Morgan fingerprint density at radius 3 is 2.76 bits per heavy atom. The topological polar surface area (TPSA) is 92.4 Å². The quantitative estimate of drug-likeness (QED) is 0.760. The van der Waals surface area contributed by atoms with Crippen molar-refractivity contribution >= 4 is 17.8 Å². The van der Waals surface area contributed by atoms with Gasteiger partial charge in [-0.05, 0) is 20.9 Å². The lowest BCUT2D eigenvalue weighted by Gasteiger charge is -2.30. The number of nitrogens with zero attached hydrogens (tertiary/aromatic N) is 5. The molecular weight excluding hydrogens is 270 g/mol. The normalized spacial score (nSPS) is 19.5. The van der Waals surface area contributed by atoms with Crippen LogP contribution in [0.5, 0.6) is 0 Å². The van der Waals surface area contributed by atoms with Crippen LogP contribution in [0.3, 0.4) is 0 Å². The molecule has 8 heteroatoms. The summed E-state index contributed by atoms with van der Waals surface area (Å²) >= 11 is 0. The molecule has 0 spiro atoms. The molecule has 1 aliphatic heterocycles. The average Bonchev–Trinajstić information content (AvgIpc) is 2.46. The summed E-state index contributed by atoms with van der Waals surface area (Å²) in [5.41, 5.74) is 5.77. The minimum absolute atomic E-state index is 0.138. The molecule has 1 unspecified atom stereocenters. The van der Waals surface area contributed by atoms with Gasteiger partial charge >= 0.3 is 0 Å². The fourth-order valence-corrected chi connectivity index (χ4v) is 2.30. The maximum atomic E-state index is 5.77. The standard InChI is InChI=1S/C13H25N7O/c1-4-20(5-2)13-17-11(14)16-12(18-13)15-8-10-9-19(3)6-7-21-10/h10H,4-9H2,1-3H3,(H3,14,15,16,17,18). The summed E-state index contributed by atoms with van der Waals surface area (Å²) in [5, 5.41) is 3.20. The van der Waals surface area contributed by atoms with Crippen LogP contribution in [0.25, 0.3) is 0 Å². The Balaban J connectivity index is 1.99.